The molecule has 9 nitrogen and oxygen atoms in total. The van der Waals surface area contributed by atoms with Gasteiger partial charge in [0.15, 0.2) is 5.03 Å². The van der Waals surface area contributed by atoms with E-state index in [-0.39, 0.29) is 23.2 Å². The van der Waals surface area contributed by atoms with Crippen molar-refractivity contribution in [2.75, 3.05) is 18.9 Å². The Balaban J connectivity index is 1.63. The van der Waals surface area contributed by atoms with Crippen LogP contribution < -0.4 is 19.9 Å². The summed E-state index contributed by atoms with van der Waals surface area (Å²) in [5.41, 5.74) is 6.26. The second-order valence-corrected chi connectivity index (χ2v) is 11.0. The molecule has 0 unspecified atom stereocenters. The van der Waals surface area contributed by atoms with Crippen molar-refractivity contribution < 1.29 is 27.1 Å². The fraction of sp³-hybridized carbons (Fsp3) is 0.346. The van der Waals surface area contributed by atoms with E-state index >= 15 is 0 Å². The van der Waals surface area contributed by atoms with E-state index in [0.717, 1.165) is 19.3 Å². The number of sulfonamides is 1. The third-order valence-corrected chi connectivity index (χ3v) is 6.80. The molecule has 1 aliphatic carbocycles. The summed E-state index contributed by atoms with van der Waals surface area (Å²) in [6.45, 7) is 4.69. The van der Waals surface area contributed by atoms with E-state index in [1.54, 1.807) is 6.07 Å². The van der Waals surface area contributed by atoms with Crippen LogP contribution in [0.1, 0.15) is 43.5 Å². The molecule has 196 valence electrons. The summed E-state index contributed by atoms with van der Waals surface area (Å²) in [5.74, 6) is -0.323. The number of nitrogens with one attached hydrogen (secondary N) is 1. The molecule has 1 amide bonds. The number of ether oxygens (including phenoxy) is 2. The molecule has 0 saturated heterocycles. The minimum absolute atomic E-state index is 0.00252. The van der Waals surface area contributed by atoms with E-state index in [2.05, 4.69) is 9.97 Å². The summed E-state index contributed by atoms with van der Waals surface area (Å²) < 4.78 is 53.2. The topological polar surface area (TPSA) is 134 Å². The van der Waals surface area contributed by atoms with Gasteiger partial charge >= 0.3 is 0 Å². The highest BCUT2D eigenvalue weighted by Crippen LogP contribution is 2.33. The van der Waals surface area contributed by atoms with Gasteiger partial charge < -0.3 is 15.2 Å². The van der Waals surface area contributed by atoms with Crippen molar-refractivity contribution in [3.05, 3.63) is 59.9 Å². The number of hydrogen-bond donors (Lipinski definition) is 2. The van der Waals surface area contributed by atoms with Crippen LogP contribution in [0.15, 0.2) is 53.6 Å². The van der Waals surface area contributed by atoms with Crippen molar-refractivity contribution in [1.82, 2.24) is 14.7 Å². The summed E-state index contributed by atoms with van der Waals surface area (Å²) in [5, 5.41) is -0.393. The highest BCUT2D eigenvalue weighted by atomic mass is 32.2. The lowest BCUT2D eigenvalue weighted by molar-refractivity contribution is 0.0976. The predicted molar refractivity (Wildman–Crippen MR) is 136 cm³/mol. The summed E-state index contributed by atoms with van der Waals surface area (Å²) in [7, 11) is -4.30. The maximum absolute atomic E-state index is 14.3. The first-order valence-corrected chi connectivity index (χ1v) is 13.5. The third kappa shape index (κ3) is 7.16. The van der Waals surface area contributed by atoms with Crippen LogP contribution in [0.25, 0.3) is 11.3 Å². The first-order valence-electron chi connectivity index (χ1n) is 12.0. The van der Waals surface area contributed by atoms with Gasteiger partial charge in [-0.3, -0.25) is 4.79 Å². The molecule has 2 heterocycles. The predicted octanol–water partition coefficient (Wildman–Crippen LogP) is 4.20. The van der Waals surface area contributed by atoms with Crippen molar-refractivity contribution in [3.63, 3.8) is 0 Å². The summed E-state index contributed by atoms with van der Waals surface area (Å²) in [4.78, 5) is 21.2. The maximum Gasteiger partial charge on any atom is 0.281 e. The number of benzene rings is 1. The number of nitrogen functional groups attached to an aromatic ring is 1. The molecular formula is C26H29FN4O5S. The van der Waals surface area contributed by atoms with Crippen molar-refractivity contribution in [3.8, 4) is 22.9 Å². The van der Waals surface area contributed by atoms with Gasteiger partial charge in [0.25, 0.3) is 15.9 Å². The standard InChI is InChI=1S/C26H29FN4O5S/c1-16(2)15-36-20-13-18(12-19(27)14-20)22-9-8-21(26(29-22)35-11-10-17-6-7-17)25(32)31-37(33,34)24-5-3-4-23(28)30-24/h3-5,8-9,12-14,16-17H,6-7,10-11,15H2,1-2H3,(H2,28,30)(H,31,32). The molecule has 3 N–H and O–H groups in total. The Kier molecular flexibility index (Phi) is 7.91. The monoisotopic (exact) mass is 528 g/mol. The molecule has 0 spiro atoms. The summed E-state index contributed by atoms with van der Waals surface area (Å²) in [6, 6.07) is 11.2. The normalized spacial score (nSPS) is 13.4. The molecule has 0 radical (unpaired) electrons. The lowest BCUT2D eigenvalue weighted by Gasteiger charge is -2.14. The second kappa shape index (κ2) is 11.1. The largest absolute Gasteiger partial charge is 0.493 e. The number of rotatable bonds is 11. The van der Waals surface area contributed by atoms with Gasteiger partial charge in [0.05, 0.1) is 18.9 Å². The molecule has 1 fully saturated rings. The van der Waals surface area contributed by atoms with Gasteiger partial charge in [-0.2, -0.15) is 8.42 Å². The van der Waals surface area contributed by atoms with Crippen molar-refractivity contribution >= 4 is 21.7 Å². The van der Waals surface area contributed by atoms with Gasteiger partial charge in [-0.25, -0.2) is 19.1 Å². The van der Waals surface area contributed by atoms with Gasteiger partial charge in [-0.1, -0.05) is 32.8 Å². The van der Waals surface area contributed by atoms with E-state index < -0.39 is 26.8 Å². The highest BCUT2D eigenvalue weighted by molar-refractivity contribution is 7.90. The van der Waals surface area contributed by atoms with Gasteiger partial charge in [0.1, 0.15) is 22.9 Å². The zero-order valence-electron chi connectivity index (χ0n) is 20.6. The lowest BCUT2D eigenvalue weighted by Crippen LogP contribution is -2.31. The molecule has 0 aliphatic heterocycles. The quantitative estimate of drug-likeness (QED) is 0.378. The highest BCUT2D eigenvalue weighted by Gasteiger charge is 2.25. The van der Waals surface area contributed by atoms with Crippen LogP contribution in [0.2, 0.25) is 0 Å². The average molecular weight is 529 g/mol. The lowest BCUT2D eigenvalue weighted by atomic mass is 10.1. The molecule has 3 aromatic rings. The van der Waals surface area contributed by atoms with Gasteiger partial charge in [-0.05, 0) is 54.7 Å². The number of nitrogens with two attached hydrogens (primary N) is 1. The van der Waals surface area contributed by atoms with Crippen LogP contribution in [-0.2, 0) is 10.0 Å². The molecule has 11 heteroatoms. The fourth-order valence-electron chi connectivity index (χ4n) is 3.48. The zero-order valence-corrected chi connectivity index (χ0v) is 21.4. The smallest absolute Gasteiger partial charge is 0.281 e. The Bertz CT molecular complexity index is 1390. The molecule has 4 rings (SSSR count). The van der Waals surface area contributed by atoms with E-state index in [0.29, 0.717) is 36.1 Å². The SMILES string of the molecule is CC(C)COc1cc(F)cc(-c2ccc(C(=O)NS(=O)(=O)c3cccc(N)n3)c(OCCC3CC3)n2)c1. The van der Waals surface area contributed by atoms with E-state index in [1.807, 2.05) is 18.6 Å². The van der Waals surface area contributed by atoms with Crippen LogP contribution in [0.3, 0.4) is 0 Å². The van der Waals surface area contributed by atoms with Crippen LogP contribution in [0.5, 0.6) is 11.6 Å². The third-order valence-electron chi connectivity index (χ3n) is 5.56. The van der Waals surface area contributed by atoms with Gasteiger partial charge in [0, 0.05) is 11.6 Å². The van der Waals surface area contributed by atoms with E-state index in [9.17, 15) is 17.6 Å². The maximum atomic E-state index is 14.3. The zero-order chi connectivity index (χ0) is 26.6. The van der Waals surface area contributed by atoms with Crippen molar-refractivity contribution in [2.24, 2.45) is 11.8 Å². The number of pyridine rings is 2. The van der Waals surface area contributed by atoms with Crippen LogP contribution in [0.4, 0.5) is 10.2 Å². The van der Waals surface area contributed by atoms with Gasteiger partial charge in [0.2, 0.25) is 5.88 Å². The van der Waals surface area contributed by atoms with E-state index in [1.165, 1.54) is 42.5 Å². The molecule has 0 atom stereocenters. The van der Waals surface area contributed by atoms with Crippen LogP contribution >= 0.6 is 0 Å². The van der Waals surface area contributed by atoms with Crippen LogP contribution in [0, 0.1) is 17.7 Å². The molecular weight excluding hydrogens is 499 g/mol. The molecule has 37 heavy (non-hydrogen) atoms. The molecule has 0 bridgehead atoms. The molecule has 2 aromatic heterocycles. The Labute approximate surface area is 215 Å². The number of hydrogen-bond acceptors (Lipinski definition) is 8. The molecule has 1 aromatic carbocycles. The minimum Gasteiger partial charge on any atom is -0.493 e. The van der Waals surface area contributed by atoms with E-state index in [4.69, 9.17) is 15.2 Å². The Morgan fingerprint density at radius 3 is 2.62 bits per heavy atom. The Hall–Kier alpha value is -3.73. The number of aromatic nitrogens is 2. The van der Waals surface area contributed by atoms with Crippen LogP contribution in [-0.4, -0.2) is 37.5 Å². The van der Waals surface area contributed by atoms with Crippen molar-refractivity contribution in [1.29, 1.82) is 0 Å². The average Bonchev–Trinajstić information content (AvgIpc) is 3.66. The summed E-state index contributed by atoms with van der Waals surface area (Å²) in [6.07, 6.45) is 3.03. The number of amides is 1. The number of carbonyl (C=O) groups is 1. The minimum atomic E-state index is -4.30. The first-order chi connectivity index (χ1) is 17.6. The fourth-order valence-corrected chi connectivity index (χ4v) is 4.42. The Morgan fingerprint density at radius 2 is 1.92 bits per heavy atom. The second-order valence-electron chi connectivity index (χ2n) is 9.35. The van der Waals surface area contributed by atoms with Crippen molar-refractivity contribution in [2.45, 2.75) is 38.1 Å². The molecule has 1 saturated carbocycles. The Morgan fingerprint density at radius 1 is 1.14 bits per heavy atom. The number of carbonyl (C=O) groups excluding carboxylic acids is 1. The first kappa shape index (κ1) is 26.3. The number of halogens is 1. The number of nitrogens with zero attached hydrogens (tertiary/aromatic N) is 2. The van der Waals surface area contributed by atoms with Gasteiger partial charge in [-0.15, -0.1) is 0 Å². The summed E-state index contributed by atoms with van der Waals surface area (Å²) >= 11 is 0. The molecule has 1 aliphatic rings. The number of anilines is 1.